The Morgan fingerprint density at radius 2 is 2.19 bits per heavy atom. The first-order chi connectivity index (χ1) is 7.67. The molecule has 2 atom stereocenters. The predicted octanol–water partition coefficient (Wildman–Crippen LogP) is 3.58. The molecular weight excluding hydrogens is 266 g/mol. The van der Waals surface area contributed by atoms with Gasteiger partial charge in [0.15, 0.2) is 0 Å². The zero-order valence-electron chi connectivity index (χ0n) is 10.0. The highest BCUT2D eigenvalue weighted by Gasteiger charge is 2.33. The highest BCUT2D eigenvalue weighted by atomic mass is 79.9. The summed E-state index contributed by atoms with van der Waals surface area (Å²) in [4.78, 5) is 0. The third-order valence-corrected chi connectivity index (χ3v) is 3.67. The van der Waals surface area contributed by atoms with Crippen LogP contribution in [0.25, 0.3) is 0 Å². The smallest absolute Gasteiger partial charge is 0.138 e. The number of benzene rings is 1. The Labute approximate surface area is 106 Å². The van der Waals surface area contributed by atoms with Crippen molar-refractivity contribution in [1.82, 2.24) is 5.32 Å². The summed E-state index contributed by atoms with van der Waals surface area (Å²) in [5.74, 6) is 1.02. The zero-order valence-corrected chi connectivity index (χ0v) is 11.6. The maximum absolute atomic E-state index is 6.03. The minimum atomic E-state index is 0.267. The number of likely N-dealkylation sites (N-methyl/N-ethyl adjacent to an activating group) is 1. The molecule has 2 unspecified atom stereocenters. The molecule has 0 saturated heterocycles. The van der Waals surface area contributed by atoms with E-state index in [0.29, 0.717) is 6.04 Å². The van der Waals surface area contributed by atoms with Crippen molar-refractivity contribution in [3.05, 3.63) is 27.7 Å². The molecule has 1 N–H and O–H groups in total. The molecule has 16 heavy (non-hydrogen) atoms. The summed E-state index contributed by atoms with van der Waals surface area (Å²) in [6.45, 7) is 4.31. The van der Waals surface area contributed by atoms with Crippen molar-refractivity contribution in [1.29, 1.82) is 0 Å². The first-order valence-electron chi connectivity index (χ1n) is 5.81. The summed E-state index contributed by atoms with van der Waals surface area (Å²) >= 11 is 3.58. The Kier molecular flexibility index (Phi) is 3.55. The van der Waals surface area contributed by atoms with Crippen molar-refractivity contribution < 1.29 is 4.74 Å². The van der Waals surface area contributed by atoms with Crippen molar-refractivity contribution >= 4 is 15.9 Å². The van der Waals surface area contributed by atoms with Gasteiger partial charge in [0.2, 0.25) is 0 Å². The molecule has 0 spiro atoms. The Hall–Kier alpha value is -0.540. The quantitative estimate of drug-likeness (QED) is 0.916. The van der Waals surface area contributed by atoms with Gasteiger partial charge in [-0.05, 0) is 48.0 Å². The van der Waals surface area contributed by atoms with Gasteiger partial charge in [0.25, 0.3) is 0 Å². The van der Waals surface area contributed by atoms with Gasteiger partial charge < -0.3 is 10.1 Å². The monoisotopic (exact) mass is 283 g/mol. The SMILES string of the molecule is CCCC1Oc2c(Br)cc(C)cc2C1NC. The number of hydrogen-bond acceptors (Lipinski definition) is 2. The van der Waals surface area contributed by atoms with Crippen LogP contribution < -0.4 is 10.1 Å². The molecular formula is C13H18BrNO. The number of ether oxygens (including phenoxy) is 1. The van der Waals surface area contributed by atoms with Crippen LogP contribution in [0, 0.1) is 6.92 Å². The molecule has 0 saturated carbocycles. The average molecular weight is 284 g/mol. The summed E-state index contributed by atoms with van der Waals surface area (Å²) in [6, 6.07) is 4.66. The highest BCUT2D eigenvalue weighted by Crippen LogP contribution is 2.43. The molecule has 1 aliphatic heterocycles. The van der Waals surface area contributed by atoms with Crippen LogP contribution in [0.1, 0.15) is 36.9 Å². The molecule has 0 bridgehead atoms. The van der Waals surface area contributed by atoms with Gasteiger partial charge in [0.05, 0.1) is 10.5 Å². The van der Waals surface area contributed by atoms with Crippen molar-refractivity contribution in [2.24, 2.45) is 0 Å². The number of fused-ring (bicyclic) bond motifs is 1. The molecule has 1 aliphatic rings. The molecule has 1 aromatic rings. The molecule has 2 nitrogen and oxygen atoms in total. The van der Waals surface area contributed by atoms with Crippen LogP contribution in [-0.4, -0.2) is 13.2 Å². The van der Waals surface area contributed by atoms with Gasteiger partial charge in [0.1, 0.15) is 11.9 Å². The predicted molar refractivity (Wildman–Crippen MR) is 70.0 cm³/mol. The Morgan fingerprint density at radius 1 is 1.44 bits per heavy atom. The van der Waals surface area contributed by atoms with Crippen LogP contribution in [0.15, 0.2) is 16.6 Å². The van der Waals surface area contributed by atoms with Gasteiger partial charge in [-0.25, -0.2) is 0 Å². The third kappa shape index (κ3) is 1.98. The van der Waals surface area contributed by atoms with Gasteiger partial charge in [-0.2, -0.15) is 0 Å². The number of halogens is 1. The summed E-state index contributed by atoms with van der Waals surface area (Å²) in [6.07, 6.45) is 2.50. The maximum Gasteiger partial charge on any atom is 0.138 e. The number of rotatable bonds is 3. The largest absolute Gasteiger partial charge is 0.487 e. The van der Waals surface area contributed by atoms with E-state index in [4.69, 9.17) is 4.74 Å². The molecule has 0 amide bonds. The van der Waals surface area contributed by atoms with E-state index >= 15 is 0 Å². The van der Waals surface area contributed by atoms with E-state index in [1.54, 1.807) is 0 Å². The summed E-state index contributed by atoms with van der Waals surface area (Å²) in [5.41, 5.74) is 2.56. The number of hydrogen-bond donors (Lipinski definition) is 1. The lowest BCUT2D eigenvalue weighted by Crippen LogP contribution is -2.28. The minimum Gasteiger partial charge on any atom is -0.487 e. The second-order valence-corrected chi connectivity index (χ2v) is 5.23. The second kappa shape index (κ2) is 4.76. The summed E-state index contributed by atoms with van der Waals surface area (Å²) in [7, 11) is 2.00. The lowest BCUT2D eigenvalue weighted by Gasteiger charge is -2.17. The van der Waals surface area contributed by atoms with E-state index in [1.807, 2.05) is 7.05 Å². The fourth-order valence-electron chi connectivity index (χ4n) is 2.38. The van der Waals surface area contributed by atoms with E-state index in [-0.39, 0.29) is 6.10 Å². The molecule has 0 aliphatic carbocycles. The molecule has 0 fully saturated rings. The lowest BCUT2D eigenvalue weighted by atomic mass is 9.99. The van der Waals surface area contributed by atoms with E-state index in [2.05, 4.69) is 47.2 Å². The van der Waals surface area contributed by atoms with Crippen LogP contribution in [-0.2, 0) is 0 Å². The number of nitrogens with one attached hydrogen (secondary N) is 1. The Morgan fingerprint density at radius 3 is 2.81 bits per heavy atom. The molecule has 3 heteroatoms. The maximum atomic E-state index is 6.03. The van der Waals surface area contributed by atoms with Gasteiger partial charge in [-0.15, -0.1) is 0 Å². The fourth-order valence-corrected chi connectivity index (χ4v) is 3.07. The molecule has 0 aromatic heterocycles. The van der Waals surface area contributed by atoms with Crippen LogP contribution in [0.5, 0.6) is 5.75 Å². The minimum absolute atomic E-state index is 0.267. The molecule has 2 rings (SSSR count). The molecule has 1 heterocycles. The molecule has 88 valence electrons. The van der Waals surface area contributed by atoms with Crippen LogP contribution in [0.4, 0.5) is 0 Å². The van der Waals surface area contributed by atoms with Gasteiger partial charge in [-0.3, -0.25) is 0 Å². The molecule has 0 radical (unpaired) electrons. The van der Waals surface area contributed by atoms with E-state index in [9.17, 15) is 0 Å². The fraction of sp³-hybridized carbons (Fsp3) is 0.538. The van der Waals surface area contributed by atoms with Crippen molar-refractivity contribution in [2.75, 3.05) is 7.05 Å². The van der Waals surface area contributed by atoms with Gasteiger partial charge in [-0.1, -0.05) is 19.4 Å². The lowest BCUT2D eigenvalue weighted by molar-refractivity contribution is 0.181. The second-order valence-electron chi connectivity index (χ2n) is 4.38. The normalized spacial score (nSPS) is 23.0. The van der Waals surface area contributed by atoms with Crippen molar-refractivity contribution in [3.8, 4) is 5.75 Å². The van der Waals surface area contributed by atoms with E-state index < -0.39 is 0 Å². The topological polar surface area (TPSA) is 21.3 Å². The first-order valence-corrected chi connectivity index (χ1v) is 6.60. The van der Waals surface area contributed by atoms with Crippen molar-refractivity contribution in [3.63, 3.8) is 0 Å². The van der Waals surface area contributed by atoms with Crippen LogP contribution in [0.2, 0.25) is 0 Å². The van der Waals surface area contributed by atoms with Gasteiger partial charge in [0, 0.05) is 5.56 Å². The Balaban J connectivity index is 2.38. The van der Waals surface area contributed by atoms with Crippen LogP contribution >= 0.6 is 15.9 Å². The van der Waals surface area contributed by atoms with Crippen molar-refractivity contribution in [2.45, 2.75) is 38.8 Å². The Bertz CT molecular complexity index is 392. The summed E-state index contributed by atoms with van der Waals surface area (Å²) < 4.78 is 7.10. The standard InChI is InChI=1S/C13H18BrNO/c1-4-5-11-12(15-3)9-6-8(2)7-10(14)13(9)16-11/h6-7,11-12,15H,4-5H2,1-3H3. The zero-order chi connectivity index (χ0) is 11.7. The van der Waals surface area contributed by atoms with E-state index in [1.165, 1.54) is 11.1 Å². The summed E-state index contributed by atoms with van der Waals surface area (Å²) in [5, 5.41) is 3.36. The van der Waals surface area contributed by atoms with E-state index in [0.717, 1.165) is 23.1 Å². The molecule has 1 aromatic carbocycles. The average Bonchev–Trinajstić information content (AvgIpc) is 2.56. The number of aryl methyl sites for hydroxylation is 1. The van der Waals surface area contributed by atoms with Crippen LogP contribution in [0.3, 0.4) is 0 Å². The first kappa shape index (κ1) is 11.9. The van der Waals surface area contributed by atoms with Gasteiger partial charge >= 0.3 is 0 Å². The third-order valence-electron chi connectivity index (χ3n) is 3.08. The highest BCUT2D eigenvalue weighted by molar-refractivity contribution is 9.10.